The summed E-state index contributed by atoms with van der Waals surface area (Å²) in [5, 5.41) is 5.09. The van der Waals surface area contributed by atoms with Gasteiger partial charge in [-0.2, -0.15) is 0 Å². The number of carbonyl (C=O) groups excluding carboxylic acids is 1. The fraction of sp³-hybridized carbons (Fsp3) is 0.0870. The molecule has 1 aromatic carbocycles. The Kier molecular flexibility index (Phi) is 6.18. The highest BCUT2D eigenvalue weighted by atomic mass is 32.1. The Hall–Kier alpha value is -3.78. The summed E-state index contributed by atoms with van der Waals surface area (Å²) >= 11 is 1.30. The van der Waals surface area contributed by atoms with Crippen LogP contribution in [0.2, 0.25) is 0 Å². The number of hydrogen-bond acceptors (Lipinski definition) is 5. The van der Waals surface area contributed by atoms with Gasteiger partial charge in [-0.3, -0.25) is 15.1 Å². The van der Waals surface area contributed by atoms with Gasteiger partial charge >= 0.3 is 0 Å². The van der Waals surface area contributed by atoms with Crippen LogP contribution in [0.15, 0.2) is 66.4 Å². The number of ether oxygens (including phenoxy) is 1. The maximum atomic E-state index is 14.1. The lowest BCUT2D eigenvalue weighted by atomic mass is 10.2. The van der Waals surface area contributed by atoms with Crippen molar-refractivity contribution in [2.75, 3.05) is 12.4 Å². The molecule has 6 nitrogen and oxygen atoms in total. The SMILES string of the molecule is COc1ccc(/C=C/c2csc(NC(=O)c3cccn3Cc3ccncc3)n2)c(F)c1. The van der Waals surface area contributed by atoms with Crippen molar-refractivity contribution in [3.8, 4) is 5.75 Å². The maximum Gasteiger partial charge on any atom is 0.274 e. The number of thiazole rings is 1. The molecule has 4 aromatic rings. The number of methoxy groups -OCH3 is 1. The first-order chi connectivity index (χ1) is 15.1. The molecule has 1 amide bonds. The molecule has 0 aliphatic heterocycles. The molecule has 8 heteroatoms. The number of nitrogens with one attached hydrogen (secondary N) is 1. The van der Waals surface area contributed by atoms with Crippen LogP contribution in [0.5, 0.6) is 5.75 Å². The largest absolute Gasteiger partial charge is 0.497 e. The van der Waals surface area contributed by atoms with Crippen molar-refractivity contribution in [3.63, 3.8) is 0 Å². The lowest BCUT2D eigenvalue weighted by molar-refractivity contribution is 0.101. The third-order valence-electron chi connectivity index (χ3n) is 4.55. The van der Waals surface area contributed by atoms with E-state index >= 15 is 0 Å². The Morgan fingerprint density at radius 1 is 1.23 bits per heavy atom. The third kappa shape index (κ3) is 5.04. The Balaban J connectivity index is 1.43. The minimum atomic E-state index is -0.380. The molecule has 31 heavy (non-hydrogen) atoms. The first-order valence-electron chi connectivity index (χ1n) is 9.45. The number of amides is 1. The lowest BCUT2D eigenvalue weighted by Gasteiger charge is -2.08. The van der Waals surface area contributed by atoms with Crippen LogP contribution in [0, 0.1) is 5.82 Å². The molecule has 0 fully saturated rings. The molecule has 156 valence electrons. The third-order valence-corrected chi connectivity index (χ3v) is 5.32. The summed E-state index contributed by atoms with van der Waals surface area (Å²) in [5.41, 5.74) is 2.63. The number of nitrogens with zero attached hydrogens (tertiary/aromatic N) is 3. The van der Waals surface area contributed by atoms with Gasteiger partial charge in [0.2, 0.25) is 0 Å². The van der Waals surface area contributed by atoms with E-state index in [0.717, 1.165) is 5.56 Å². The van der Waals surface area contributed by atoms with Crippen LogP contribution in [0.1, 0.15) is 27.3 Å². The molecule has 3 heterocycles. The number of carbonyl (C=O) groups is 1. The van der Waals surface area contributed by atoms with E-state index in [9.17, 15) is 9.18 Å². The Morgan fingerprint density at radius 3 is 2.84 bits per heavy atom. The summed E-state index contributed by atoms with van der Waals surface area (Å²) in [6.45, 7) is 0.567. The van der Waals surface area contributed by atoms with Gasteiger partial charge in [0.25, 0.3) is 5.91 Å². The molecular weight excluding hydrogens is 415 g/mol. The molecule has 3 aromatic heterocycles. The van der Waals surface area contributed by atoms with Gasteiger partial charge in [0, 0.05) is 42.1 Å². The number of pyridine rings is 1. The number of hydrogen-bond donors (Lipinski definition) is 1. The zero-order chi connectivity index (χ0) is 21.6. The minimum Gasteiger partial charge on any atom is -0.497 e. The van der Waals surface area contributed by atoms with E-state index < -0.39 is 0 Å². The average Bonchev–Trinajstić information content (AvgIpc) is 3.43. The summed E-state index contributed by atoms with van der Waals surface area (Å²) in [6.07, 6.45) is 8.63. The highest BCUT2D eigenvalue weighted by Gasteiger charge is 2.13. The lowest BCUT2D eigenvalue weighted by Crippen LogP contribution is -2.17. The second-order valence-corrected chi connectivity index (χ2v) is 7.49. The summed E-state index contributed by atoms with van der Waals surface area (Å²) in [5.74, 6) is -0.165. The molecule has 0 spiro atoms. The number of anilines is 1. The predicted octanol–water partition coefficient (Wildman–Crippen LogP) is 4.96. The topological polar surface area (TPSA) is 69.0 Å². The normalized spacial score (nSPS) is 11.0. The molecule has 0 aliphatic rings. The number of halogens is 1. The van der Waals surface area contributed by atoms with E-state index in [0.29, 0.717) is 34.4 Å². The molecule has 0 radical (unpaired) electrons. The van der Waals surface area contributed by atoms with Gasteiger partial charge in [-0.25, -0.2) is 9.37 Å². The van der Waals surface area contributed by atoms with E-state index in [4.69, 9.17) is 4.74 Å². The van der Waals surface area contributed by atoms with Crippen molar-refractivity contribution in [2.45, 2.75) is 6.54 Å². The second-order valence-electron chi connectivity index (χ2n) is 6.63. The molecule has 1 N–H and O–H groups in total. The van der Waals surface area contributed by atoms with Gasteiger partial charge in [0.1, 0.15) is 17.3 Å². The number of aromatic nitrogens is 3. The molecule has 0 bridgehead atoms. The van der Waals surface area contributed by atoms with E-state index in [1.54, 1.807) is 48.1 Å². The second kappa shape index (κ2) is 9.36. The van der Waals surface area contributed by atoms with Gasteiger partial charge in [0.15, 0.2) is 5.13 Å². The van der Waals surface area contributed by atoms with Gasteiger partial charge in [-0.15, -0.1) is 11.3 Å². The molecule has 4 rings (SSSR count). The van der Waals surface area contributed by atoms with Crippen molar-refractivity contribution in [2.24, 2.45) is 0 Å². The Bertz CT molecular complexity index is 1220. The monoisotopic (exact) mass is 434 g/mol. The zero-order valence-electron chi connectivity index (χ0n) is 16.7. The van der Waals surface area contributed by atoms with E-state index in [1.165, 1.54) is 24.5 Å². The smallest absolute Gasteiger partial charge is 0.274 e. The van der Waals surface area contributed by atoms with E-state index in [-0.39, 0.29) is 11.7 Å². The van der Waals surface area contributed by atoms with Gasteiger partial charge in [0.05, 0.1) is 12.8 Å². The highest BCUT2D eigenvalue weighted by molar-refractivity contribution is 7.14. The summed E-state index contributed by atoms with van der Waals surface area (Å²) in [6, 6.07) is 12.1. The van der Waals surface area contributed by atoms with Crippen LogP contribution in [0.4, 0.5) is 9.52 Å². The van der Waals surface area contributed by atoms with Crippen molar-refractivity contribution < 1.29 is 13.9 Å². The van der Waals surface area contributed by atoms with Crippen molar-refractivity contribution >= 4 is 34.5 Å². The average molecular weight is 434 g/mol. The van der Waals surface area contributed by atoms with Crippen LogP contribution >= 0.6 is 11.3 Å². The summed E-state index contributed by atoms with van der Waals surface area (Å²) < 4.78 is 20.9. The maximum absolute atomic E-state index is 14.1. The molecule has 0 saturated carbocycles. The Morgan fingerprint density at radius 2 is 2.06 bits per heavy atom. The standard InChI is InChI=1S/C23H19FN4O2S/c1-30-19-7-5-17(20(24)13-19)4-6-18-15-31-23(26-18)27-22(29)21-3-2-12-28(21)14-16-8-10-25-11-9-16/h2-13,15H,14H2,1H3,(H,26,27,29)/b6-4+. The van der Waals surface area contributed by atoms with Crippen LogP contribution < -0.4 is 10.1 Å². The molecular formula is C23H19FN4O2S. The van der Waals surface area contributed by atoms with Crippen molar-refractivity contribution in [1.29, 1.82) is 0 Å². The molecule has 0 unspecified atom stereocenters. The highest BCUT2D eigenvalue weighted by Crippen LogP contribution is 2.21. The van der Waals surface area contributed by atoms with Crippen molar-refractivity contribution in [3.05, 3.63) is 94.8 Å². The predicted molar refractivity (Wildman–Crippen MR) is 120 cm³/mol. The van der Waals surface area contributed by atoms with E-state index in [2.05, 4.69) is 15.3 Å². The number of rotatable bonds is 7. The number of benzene rings is 1. The van der Waals surface area contributed by atoms with Crippen LogP contribution in [0.25, 0.3) is 12.2 Å². The minimum absolute atomic E-state index is 0.245. The molecule has 0 atom stereocenters. The molecule has 0 saturated heterocycles. The van der Waals surface area contributed by atoms with Crippen LogP contribution in [0.3, 0.4) is 0 Å². The Labute approximate surface area is 182 Å². The quantitative estimate of drug-likeness (QED) is 0.446. The first-order valence-corrected chi connectivity index (χ1v) is 10.3. The zero-order valence-corrected chi connectivity index (χ0v) is 17.5. The van der Waals surface area contributed by atoms with Gasteiger partial charge in [-0.1, -0.05) is 0 Å². The van der Waals surface area contributed by atoms with Gasteiger partial charge < -0.3 is 9.30 Å². The van der Waals surface area contributed by atoms with Crippen LogP contribution in [-0.2, 0) is 6.54 Å². The van der Waals surface area contributed by atoms with Crippen LogP contribution in [-0.4, -0.2) is 27.6 Å². The fourth-order valence-corrected chi connectivity index (χ4v) is 3.64. The molecule has 0 aliphatic carbocycles. The summed E-state index contributed by atoms with van der Waals surface area (Å²) in [4.78, 5) is 21.1. The first kappa shape index (κ1) is 20.5. The summed E-state index contributed by atoms with van der Waals surface area (Å²) in [7, 11) is 1.49. The fourth-order valence-electron chi connectivity index (χ4n) is 2.97. The van der Waals surface area contributed by atoms with E-state index in [1.807, 2.05) is 29.0 Å². The van der Waals surface area contributed by atoms with Gasteiger partial charge in [-0.05, 0) is 54.1 Å². The van der Waals surface area contributed by atoms with Crippen molar-refractivity contribution in [1.82, 2.24) is 14.5 Å².